The molecule has 0 N–H and O–H groups in total. The van der Waals surface area contributed by atoms with E-state index in [0.717, 1.165) is 5.92 Å². The van der Waals surface area contributed by atoms with Crippen LogP contribution in [0.5, 0.6) is 0 Å². The highest BCUT2D eigenvalue weighted by Gasteiger charge is 1.98. The predicted octanol–water partition coefficient (Wildman–Crippen LogP) is 7.62. The van der Waals surface area contributed by atoms with Gasteiger partial charge in [0, 0.05) is 0 Å². The van der Waals surface area contributed by atoms with Crippen LogP contribution in [0, 0.1) is 5.92 Å². The van der Waals surface area contributed by atoms with Gasteiger partial charge in [-0.05, 0) is 50.9 Å². The van der Waals surface area contributed by atoms with Crippen LogP contribution in [0.1, 0.15) is 90.4 Å². The fraction of sp³-hybridized carbons (Fsp3) is 0.714. The molecule has 0 saturated heterocycles. The molecule has 0 aliphatic heterocycles. The van der Waals surface area contributed by atoms with E-state index in [1.54, 1.807) is 0 Å². The number of hydrogen-bond acceptors (Lipinski definition) is 0. The molecule has 122 valence electrons. The van der Waals surface area contributed by atoms with Gasteiger partial charge >= 0.3 is 0 Å². The van der Waals surface area contributed by atoms with E-state index in [4.69, 9.17) is 0 Å². The Labute approximate surface area is 134 Å². The van der Waals surface area contributed by atoms with Gasteiger partial charge < -0.3 is 0 Å². The number of hydrogen-bond donors (Lipinski definition) is 0. The molecule has 0 radical (unpaired) electrons. The van der Waals surface area contributed by atoms with Crippen molar-refractivity contribution < 1.29 is 0 Å². The van der Waals surface area contributed by atoms with Crippen LogP contribution >= 0.6 is 0 Å². The molecule has 0 heteroatoms. The zero-order valence-electron chi connectivity index (χ0n) is 14.5. The quantitative estimate of drug-likeness (QED) is 0.202. The fourth-order valence-electron chi connectivity index (χ4n) is 2.65. The second-order valence-corrected chi connectivity index (χ2v) is 6.37. The molecule has 0 rings (SSSR count). The van der Waals surface area contributed by atoms with Gasteiger partial charge in [-0.1, -0.05) is 69.8 Å². The van der Waals surface area contributed by atoms with Gasteiger partial charge in [-0.25, -0.2) is 0 Å². The minimum absolute atomic E-state index is 0.830. The van der Waals surface area contributed by atoms with E-state index in [0.29, 0.717) is 0 Å². The maximum Gasteiger partial charge on any atom is -0.0328 e. The van der Waals surface area contributed by atoms with E-state index < -0.39 is 0 Å². The molecule has 0 heterocycles. The lowest BCUT2D eigenvalue weighted by Crippen LogP contribution is -1.92. The molecule has 0 aromatic rings. The van der Waals surface area contributed by atoms with Gasteiger partial charge in [0.25, 0.3) is 0 Å². The molecular formula is C21H38. The lowest BCUT2D eigenvalue weighted by Gasteiger charge is -2.07. The largest absolute Gasteiger partial charge is 0.103 e. The molecule has 0 aromatic heterocycles. The Morgan fingerprint density at radius 1 is 0.667 bits per heavy atom. The van der Waals surface area contributed by atoms with Crippen molar-refractivity contribution in [1.29, 1.82) is 0 Å². The molecule has 0 nitrogen and oxygen atoms in total. The van der Waals surface area contributed by atoms with Crippen molar-refractivity contribution in [2.45, 2.75) is 90.4 Å². The summed E-state index contributed by atoms with van der Waals surface area (Å²) in [7, 11) is 0. The summed E-state index contributed by atoms with van der Waals surface area (Å²) >= 11 is 0. The Morgan fingerprint density at radius 2 is 1.19 bits per heavy atom. The average Bonchev–Trinajstić information content (AvgIpc) is 2.48. The first-order chi connectivity index (χ1) is 10.3. The summed E-state index contributed by atoms with van der Waals surface area (Å²) in [5, 5.41) is 0. The van der Waals surface area contributed by atoms with Crippen LogP contribution in [-0.4, -0.2) is 0 Å². The number of rotatable bonds is 16. The van der Waals surface area contributed by atoms with Gasteiger partial charge in [0.05, 0.1) is 0 Å². The Kier molecular flexibility index (Phi) is 16.6. The zero-order valence-corrected chi connectivity index (χ0v) is 14.5. The van der Waals surface area contributed by atoms with Crippen molar-refractivity contribution in [3.8, 4) is 0 Å². The Morgan fingerprint density at radius 3 is 1.81 bits per heavy atom. The maximum absolute atomic E-state index is 3.81. The second kappa shape index (κ2) is 17.3. The van der Waals surface area contributed by atoms with Gasteiger partial charge in [0.1, 0.15) is 0 Å². The van der Waals surface area contributed by atoms with Gasteiger partial charge in [0.2, 0.25) is 0 Å². The first kappa shape index (κ1) is 20.2. The Bertz CT molecular complexity index is 249. The van der Waals surface area contributed by atoms with E-state index in [1.165, 1.54) is 83.5 Å². The summed E-state index contributed by atoms with van der Waals surface area (Å²) in [5.74, 6) is 0.830. The Balaban J connectivity index is 3.14. The molecular weight excluding hydrogens is 252 g/mol. The monoisotopic (exact) mass is 290 g/mol. The van der Waals surface area contributed by atoms with Crippen LogP contribution < -0.4 is 0 Å². The molecule has 0 aliphatic carbocycles. The average molecular weight is 291 g/mol. The van der Waals surface area contributed by atoms with Crippen molar-refractivity contribution in [3.63, 3.8) is 0 Å². The third kappa shape index (κ3) is 17.2. The number of unbranched alkanes of at least 4 members (excludes halogenated alkanes) is 9. The zero-order chi connectivity index (χ0) is 15.6. The molecule has 0 amide bonds. The fourth-order valence-corrected chi connectivity index (χ4v) is 2.65. The van der Waals surface area contributed by atoms with E-state index in [1.807, 2.05) is 6.08 Å². The SMILES string of the molecule is C=CCCCCCC=CCCCCCCCC(C)CC=C. The van der Waals surface area contributed by atoms with Crippen LogP contribution in [0.25, 0.3) is 0 Å². The van der Waals surface area contributed by atoms with Crippen molar-refractivity contribution in [3.05, 3.63) is 37.5 Å². The van der Waals surface area contributed by atoms with Crippen LogP contribution in [0.3, 0.4) is 0 Å². The van der Waals surface area contributed by atoms with Gasteiger partial charge in [-0.2, -0.15) is 0 Å². The molecule has 0 saturated carbocycles. The summed E-state index contributed by atoms with van der Waals surface area (Å²) in [5.41, 5.74) is 0. The van der Waals surface area contributed by atoms with Crippen molar-refractivity contribution >= 4 is 0 Å². The molecule has 0 fully saturated rings. The van der Waals surface area contributed by atoms with Gasteiger partial charge in [0.15, 0.2) is 0 Å². The lowest BCUT2D eigenvalue weighted by molar-refractivity contribution is 0.488. The molecule has 0 spiro atoms. The minimum Gasteiger partial charge on any atom is -0.103 e. The van der Waals surface area contributed by atoms with Crippen LogP contribution in [0.2, 0.25) is 0 Å². The van der Waals surface area contributed by atoms with E-state index in [9.17, 15) is 0 Å². The van der Waals surface area contributed by atoms with Crippen LogP contribution in [0.15, 0.2) is 37.5 Å². The maximum atomic E-state index is 3.81. The summed E-state index contributed by atoms with van der Waals surface area (Å²) in [6.45, 7) is 9.90. The van der Waals surface area contributed by atoms with E-state index >= 15 is 0 Å². The normalized spacial score (nSPS) is 12.6. The van der Waals surface area contributed by atoms with Crippen LogP contribution in [-0.2, 0) is 0 Å². The minimum atomic E-state index is 0.830. The predicted molar refractivity (Wildman–Crippen MR) is 98.7 cm³/mol. The summed E-state index contributed by atoms with van der Waals surface area (Å²) in [4.78, 5) is 0. The van der Waals surface area contributed by atoms with E-state index in [2.05, 4.69) is 38.3 Å². The first-order valence-corrected chi connectivity index (χ1v) is 9.18. The van der Waals surface area contributed by atoms with Crippen molar-refractivity contribution in [2.75, 3.05) is 0 Å². The third-order valence-electron chi connectivity index (χ3n) is 4.08. The third-order valence-corrected chi connectivity index (χ3v) is 4.08. The lowest BCUT2D eigenvalue weighted by atomic mass is 9.99. The van der Waals surface area contributed by atoms with Crippen molar-refractivity contribution in [1.82, 2.24) is 0 Å². The summed E-state index contributed by atoms with van der Waals surface area (Å²) in [6.07, 6.45) is 26.1. The second-order valence-electron chi connectivity index (χ2n) is 6.37. The van der Waals surface area contributed by atoms with Crippen LogP contribution in [0.4, 0.5) is 0 Å². The highest BCUT2D eigenvalue weighted by Crippen LogP contribution is 2.15. The molecule has 0 bridgehead atoms. The van der Waals surface area contributed by atoms with Gasteiger partial charge in [-0.15, -0.1) is 13.2 Å². The van der Waals surface area contributed by atoms with E-state index in [-0.39, 0.29) is 0 Å². The number of allylic oxidation sites excluding steroid dienone is 4. The molecule has 0 aliphatic rings. The standard InChI is InChI=1S/C21H38/c1-4-6-7-8-9-10-11-12-13-14-15-16-17-18-20-21(3)19-5-2/h4-5,11-12,21H,1-2,6-10,13-20H2,3H3. The highest BCUT2D eigenvalue weighted by atomic mass is 14.0. The highest BCUT2D eigenvalue weighted by molar-refractivity contribution is 4.81. The summed E-state index contributed by atoms with van der Waals surface area (Å²) in [6, 6.07) is 0. The Hall–Kier alpha value is -0.780. The first-order valence-electron chi connectivity index (χ1n) is 9.18. The smallest absolute Gasteiger partial charge is 0.0328 e. The molecule has 0 aromatic carbocycles. The topological polar surface area (TPSA) is 0 Å². The summed E-state index contributed by atoms with van der Waals surface area (Å²) < 4.78 is 0. The van der Waals surface area contributed by atoms with Crippen molar-refractivity contribution in [2.24, 2.45) is 5.92 Å². The molecule has 1 atom stereocenters. The molecule has 21 heavy (non-hydrogen) atoms. The van der Waals surface area contributed by atoms with Gasteiger partial charge in [-0.3, -0.25) is 0 Å². The molecule has 1 unspecified atom stereocenters.